The minimum absolute atomic E-state index is 0.0933. The smallest absolute Gasteiger partial charge is 0.200 e. The highest BCUT2D eigenvalue weighted by Gasteiger charge is 2.43. The van der Waals surface area contributed by atoms with E-state index in [1.807, 2.05) is 29.0 Å². The van der Waals surface area contributed by atoms with Crippen LogP contribution in [0.15, 0.2) is 36.4 Å². The topological polar surface area (TPSA) is 97.6 Å². The normalized spacial score (nSPS) is 25.1. The predicted molar refractivity (Wildman–Crippen MR) is 168 cm³/mol. The molecule has 2 aliphatic heterocycles. The molecule has 0 saturated carbocycles. The van der Waals surface area contributed by atoms with Gasteiger partial charge >= 0.3 is 0 Å². The van der Waals surface area contributed by atoms with Crippen molar-refractivity contribution in [3.8, 4) is 45.6 Å². The number of ether oxygens (including phenoxy) is 4. The number of methoxy groups -OCH3 is 3. The van der Waals surface area contributed by atoms with Gasteiger partial charge in [0.15, 0.2) is 17.6 Å². The molecule has 5 atom stereocenters. The number of rotatable bonds is 4. The van der Waals surface area contributed by atoms with Crippen LogP contribution in [0.25, 0.3) is 11.1 Å². The molecule has 2 heterocycles. The van der Waals surface area contributed by atoms with Crippen LogP contribution in [0.1, 0.15) is 66.4 Å². The van der Waals surface area contributed by atoms with Gasteiger partial charge in [0.2, 0.25) is 5.75 Å². The van der Waals surface area contributed by atoms with E-state index in [2.05, 4.69) is 6.92 Å². The van der Waals surface area contributed by atoms with Gasteiger partial charge in [-0.2, -0.15) is 0 Å². The Kier molecular flexibility index (Phi) is 8.35. The third-order valence-corrected chi connectivity index (χ3v) is 11.5. The summed E-state index contributed by atoms with van der Waals surface area (Å²) in [5.41, 5.74) is 6.11. The van der Waals surface area contributed by atoms with Crippen molar-refractivity contribution in [3.05, 3.63) is 58.7 Å². The van der Waals surface area contributed by atoms with Gasteiger partial charge in [0.05, 0.1) is 21.3 Å². The molecule has 42 heavy (non-hydrogen) atoms. The van der Waals surface area contributed by atoms with E-state index in [9.17, 15) is 15.3 Å². The zero-order valence-electron chi connectivity index (χ0n) is 24.4. The van der Waals surface area contributed by atoms with E-state index in [1.54, 1.807) is 36.1 Å². The molecule has 0 fully saturated rings. The molecule has 3 aromatic rings. The Morgan fingerprint density at radius 1 is 0.881 bits per heavy atom. The summed E-state index contributed by atoms with van der Waals surface area (Å²) in [4.78, 5) is 0. The Bertz CT molecular complexity index is 1450. The van der Waals surface area contributed by atoms with Gasteiger partial charge in [0.1, 0.15) is 23.4 Å². The van der Waals surface area contributed by atoms with Crippen LogP contribution in [-0.2, 0) is 6.42 Å². The summed E-state index contributed by atoms with van der Waals surface area (Å²) in [6, 6.07) is 11.0. The Labute approximate surface area is 254 Å². The van der Waals surface area contributed by atoms with Crippen LogP contribution >= 0.6 is 21.6 Å². The lowest BCUT2D eigenvalue weighted by Gasteiger charge is -2.41. The van der Waals surface area contributed by atoms with Crippen molar-refractivity contribution >= 4 is 21.6 Å². The highest BCUT2D eigenvalue weighted by atomic mass is 33.1. The predicted octanol–water partition coefficient (Wildman–Crippen LogP) is 7.21. The number of aliphatic hydroxyl groups excluding tert-OH is 1. The summed E-state index contributed by atoms with van der Waals surface area (Å²) in [5, 5.41) is 33.1. The molecule has 0 unspecified atom stereocenters. The van der Waals surface area contributed by atoms with Crippen molar-refractivity contribution in [2.75, 3.05) is 32.8 Å². The van der Waals surface area contributed by atoms with Gasteiger partial charge in [0, 0.05) is 40.2 Å². The van der Waals surface area contributed by atoms with Crippen LogP contribution in [0.5, 0.6) is 34.5 Å². The summed E-state index contributed by atoms with van der Waals surface area (Å²) in [7, 11) is 8.32. The van der Waals surface area contributed by atoms with Crippen LogP contribution in [0.2, 0.25) is 0 Å². The largest absolute Gasteiger partial charge is 0.508 e. The number of hydrogen-bond acceptors (Lipinski definition) is 9. The number of phenols is 2. The molecule has 9 heteroatoms. The lowest BCUT2D eigenvalue weighted by molar-refractivity contribution is 0.00421. The lowest BCUT2D eigenvalue weighted by atomic mass is 9.71. The second-order valence-corrected chi connectivity index (χ2v) is 14.1. The highest BCUT2D eigenvalue weighted by molar-refractivity contribution is 8.76. The quantitative estimate of drug-likeness (QED) is 0.265. The van der Waals surface area contributed by atoms with Crippen LogP contribution in [0.3, 0.4) is 0 Å². The second kappa shape index (κ2) is 12.0. The third kappa shape index (κ3) is 5.13. The molecule has 3 aromatic carbocycles. The highest BCUT2D eigenvalue weighted by Crippen LogP contribution is 2.56. The van der Waals surface area contributed by atoms with Gasteiger partial charge in [-0.25, -0.2) is 0 Å². The fourth-order valence-electron chi connectivity index (χ4n) is 6.78. The van der Waals surface area contributed by atoms with E-state index in [0.29, 0.717) is 28.7 Å². The average Bonchev–Trinajstić information content (AvgIpc) is 3.00. The molecule has 6 rings (SSSR count). The maximum absolute atomic E-state index is 12.1. The van der Waals surface area contributed by atoms with Gasteiger partial charge in [0.25, 0.3) is 0 Å². The van der Waals surface area contributed by atoms with Crippen LogP contribution < -0.4 is 18.9 Å². The van der Waals surface area contributed by atoms with Crippen molar-refractivity contribution in [2.24, 2.45) is 5.92 Å². The Morgan fingerprint density at radius 2 is 1.62 bits per heavy atom. The number of fused-ring (bicyclic) bond motifs is 4. The van der Waals surface area contributed by atoms with E-state index in [4.69, 9.17) is 18.9 Å². The van der Waals surface area contributed by atoms with Gasteiger partial charge in [-0.15, -0.1) is 0 Å². The summed E-state index contributed by atoms with van der Waals surface area (Å²) < 4.78 is 23.5. The van der Waals surface area contributed by atoms with Crippen molar-refractivity contribution in [3.63, 3.8) is 0 Å². The van der Waals surface area contributed by atoms with E-state index in [0.717, 1.165) is 59.3 Å². The number of benzene rings is 3. The number of phenolic OH excluding ortho intramolecular Hbond substituents is 2. The van der Waals surface area contributed by atoms with E-state index in [1.165, 1.54) is 14.2 Å². The van der Waals surface area contributed by atoms with Crippen molar-refractivity contribution in [1.29, 1.82) is 0 Å². The zero-order valence-corrected chi connectivity index (χ0v) is 26.0. The fourth-order valence-corrected chi connectivity index (χ4v) is 9.37. The maximum Gasteiger partial charge on any atom is 0.200 e. The SMILES string of the molecule is COc1cc([C@@H]2Oc3cc(OC)c4c5c3[C@H](CSSCC[C@H](C)CC[C@H](C5)c3cc(O)ccc3-4)[C@H]2O)cc(OC)c1O. The molecule has 0 amide bonds. The molecular weight excluding hydrogens is 572 g/mol. The molecule has 0 spiro atoms. The Hall–Kier alpha value is -2.88. The van der Waals surface area contributed by atoms with Crippen LogP contribution in [0.4, 0.5) is 0 Å². The van der Waals surface area contributed by atoms with E-state index >= 15 is 0 Å². The number of aromatic hydroxyl groups is 2. The number of hydrogen-bond donors (Lipinski definition) is 3. The number of aliphatic hydroxyl groups is 1. The standard InChI is InChI=1S/C33H38O7S2/c1-17-5-6-18-11-23-29(21-8-7-20(34)14-22(18)21)25(37-2)15-26-30(23)24(16-42-41-10-9-17)31(35)33(40-26)19-12-27(38-3)32(36)28(13-19)39-4/h7-8,12-15,17-18,24,31,33-36H,5-6,9-11,16H2,1-4H3/t17-,18-,24+,31-,33+/m1/s1. The second-order valence-electron chi connectivity index (χ2n) is 11.5. The molecule has 0 aromatic heterocycles. The minimum Gasteiger partial charge on any atom is -0.508 e. The fraction of sp³-hybridized carbons (Fsp3) is 0.455. The molecule has 7 nitrogen and oxygen atoms in total. The van der Waals surface area contributed by atoms with Gasteiger partial charge < -0.3 is 34.3 Å². The van der Waals surface area contributed by atoms with Crippen LogP contribution in [-0.4, -0.2) is 54.3 Å². The first kappa shape index (κ1) is 29.2. The van der Waals surface area contributed by atoms with Crippen molar-refractivity contribution in [2.45, 2.75) is 56.7 Å². The summed E-state index contributed by atoms with van der Waals surface area (Å²) >= 11 is 0. The van der Waals surface area contributed by atoms with Crippen LogP contribution in [0, 0.1) is 5.92 Å². The minimum atomic E-state index is -0.856. The Morgan fingerprint density at radius 3 is 2.33 bits per heavy atom. The van der Waals surface area contributed by atoms with E-state index < -0.39 is 12.2 Å². The van der Waals surface area contributed by atoms with Gasteiger partial charge in [-0.1, -0.05) is 41.0 Å². The molecule has 1 aliphatic carbocycles. The third-order valence-electron chi connectivity index (χ3n) is 9.03. The Balaban J connectivity index is 1.54. The summed E-state index contributed by atoms with van der Waals surface area (Å²) in [6.45, 7) is 2.33. The molecule has 0 saturated heterocycles. The lowest BCUT2D eigenvalue weighted by Crippen LogP contribution is -2.37. The summed E-state index contributed by atoms with van der Waals surface area (Å²) in [6.07, 6.45) is 2.49. The first-order valence-corrected chi connectivity index (χ1v) is 16.9. The summed E-state index contributed by atoms with van der Waals surface area (Å²) in [5.74, 6) is 4.50. The maximum atomic E-state index is 12.1. The molecular formula is C33H38O7S2. The molecule has 0 radical (unpaired) electrons. The van der Waals surface area contributed by atoms with Crippen molar-refractivity contribution < 1.29 is 34.3 Å². The van der Waals surface area contributed by atoms with Crippen molar-refractivity contribution in [1.82, 2.24) is 0 Å². The van der Waals surface area contributed by atoms with Gasteiger partial charge in [-0.3, -0.25) is 0 Å². The molecule has 3 aliphatic rings. The van der Waals surface area contributed by atoms with Gasteiger partial charge in [-0.05, 0) is 72.1 Å². The molecule has 3 N–H and O–H groups in total. The average molecular weight is 611 g/mol. The first-order chi connectivity index (χ1) is 20.3. The first-order valence-electron chi connectivity index (χ1n) is 14.5. The molecule has 2 bridgehead atoms. The van der Waals surface area contributed by atoms with E-state index in [-0.39, 0.29) is 34.8 Å². The monoisotopic (exact) mass is 610 g/mol. The zero-order chi connectivity index (χ0) is 29.5. The molecule has 224 valence electrons.